The highest BCUT2D eigenvalue weighted by Gasteiger charge is 2.03. The maximum absolute atomic E-state index is 5.81. The molecule has 0 saturated heterocycles. The molecule has 0 saturated carbocycles. The summed E-state index contributed by atoms with van der Waals surface area (Å²) < 4.78 is 4.97. The first-order valence-corrected chi connectivity index (χ1v) is 4.11. The Morgan fingerprint density at radius 3 is 2.77 bits per heavy atom. The summed E-state index contributed by atoms with van der Waals surface area (Å²) in [7, 11) is 0. The Kier molecular flexibility index (Phi) is 1.94. The first-order valence-electron chi connectivity index (χ1n) is 3.74. The molecule has 1 aromatic carbocycles. The Morgan fingerprint density at radius 1 is 1.31 bits per heavy atom. The number of benzene rings is 1. The van der Waals surface area contributed by atoms with Crippen LogP contribution in [0.15, 0.2) is 34.9 Å². The van der Waals surface area contributed by atoms with Gasteiger partial charge in [0.05, 0.1) is 0 Å². The average Bonchev–Trinajstić information content (AvgIpc) is 2.52. The topological polar surface area (TPSA) is 52.0 Å². The van der Waals surface area contributed by atoms with Crippen LogP contribution in [0.2, 0.25) is 5.02 Å². The lowest BCUT2D eigenvalue weighted by molar-refractivity contribution is 0.436. The monoisotopic (exact) mass is 194 g/mol. The number of rotatable bonds is 1. The first kappa shape index (κ1) is 8.13. The van der Waals surface area contributed by atoms with Gasteiger partial charge in [0.15, 0.2) is 11.6 Å². The van der Waals surface area contributed by atoms with Gasteiger partial charge in [-0.05, 0) is 12.1 Å². The Bertz CT molecular complexity index is 425. The fourth-order valence-electron chi connectivity index (χ4n) is 1.07. The third kappa shape index (κ3) is 1.65. The number of hydrogen-bond acceptors (Lipinski definition) is 3. The van der Waals surface area contributed by atoms with Crippen LogP contribution in [0.4, 0.5) is 5.82 Å². The highest BCUT2D eigenvalue weighted by molar-refractivity contribution is 6.30. The molecule has 0 aliphatic heterocycles. The van der Waals surface area contributed by atoms with Gasteiger partial charge in [0, 0.05) is 16.7 Å². The van der Waals surface area contributed by atoms with E-state index < -0.39 is 0 Å². The van der Waals surface area contributed by atoms with Crippen LogP contribution in [0.5, 0.6) is 0 Å². The third-order valence-corrected chi connectivity index (χ3v) is 1.87. The van der Waals surface area contributed by atoms with Gasteiger partial charge < -0.3 is 10.3 Å². The van der Waals surface area contributed by atoms with E-state index in [4.69, 9.17) is 21.9 Å². The van der Waals surface area contributed by atoms with E-state index in [1.807, 2.05) is 12.1 Å². The molecule has 2 N–H and O–H groups in total. The highest BCUT2D eigenvalue weighted by atomic mass is 35.5. The standard InChI is InChI=1S/C9H7ClN2O/c10-7-3-1-2-6(4-7)8-5-9(11)12-13-8/h1-5H,(H2,11,12). The van der Waals surface area contributed by atoms with Crippen LogP contribution >= 0.6 is 11.6 Å². The summed E-state index contributed by atoms with van der Waals surface area (Å²) in [4.78, 5) is 0. The third-order valence-electron chi connectivity index (χ3n) is 1.64. The van der Waals surface area contributed by atoms with Gasteiger partial charge in [0.25, 0.3) is 0 Å². The number of halogens is 1. The minimum atomic E-state index is 0.370. The predicted octanol–water partition coefficient (Wildman–Crippen LogP) is 2.58. The molecule has 3 nitrogen and oxygen atoms in total. The summed E-state index contributed by atoms with van der Waals surface area (Å²) in [5.41, 5.74) is 6.29. The molecule has 0 radical (unpaired) electrons. The quantitative estimate of drug-likeness (QED) is 0.759. The molecular formula is C9H7ClN2O. The summed E-state index contributed by atoms with van der Waals surface area (Å²) in [5, 5.41) is 4.24. The summed E-state index contributed by atoms with van der Waals surface area (Å²) >= 11 is 5.81. The van der Waals surface area contributed by atoms with Crippen LogP contribution in [0.1, 0.15) is 0 Å². The zero-order valence-electron chi connectivity index (χ0n) is 6.70. The number of hydrogen-bond donors (Lipinski definition) is 1. The van der Waals surface area contributed by atoms with Crippen LogP contribution in [0.25, 0.3) is 11.3 Å². The van der Waals surface area contributed by atoms with E-state index in [1.165, 1.54) is 0 Å². The second-order valence-corrected chi connectivity index (χ2v) is 3.06. The molecule has 0 fully saturated rings. The molecular weight excluding hydrogens is 188 g/mol. The lowest BCUT2D eigenvalue weighted by Crippen LogP contribution is -1.79. The SMILES string of the molecule is Nc1cc(-c2cccc(Cl)c2)on1. The second kappa shape index (κ2) is 3.11. The Morgan fingerprint density at radius 2 is 2.15 bits per heavy atom. The molecule has 13 heavy (non-hydrogen) atoms. The van der Waals surface area contributed by atoms with Crippen molar-refractivity contribution in [2.75, 3.05) is 5.73 Å². The van der Waals surface area contributed by atoms with Gasteiger partial charge in [-0.3, -0.25) is 0 Å². The van der Waals surface area contributed by atoms with Gasteiger partial charge in [-0.1, -0.05) is 28.9 Å². The summed E-state index contributed by atoms with van der Waals surface area (Å²) in [5.74, 6) is 0.995. The van der Waals surface area contributed by atoms with Crippen molar-refractivity contribution in [1.82, 2.24) is 5.16 Å². The first-order chi connectivity index (χ1) is 6.25. The molecule has 0 atom stereocenters. The normalized spacial score (nSPS) is 10.2. The van der Waals surface area contributed by atoms with Gasteiger partial charge in [0.2, 0.25) is 0 Å². The largest absolute Gasteiger partial charge is 0.381 e. The van der Waals surface area contributed by atoms with E-state index in [9.17, 15) is 0 Å². The van der Waals surface area contributed by atoms with Crippen LogP contribution in [-0.4, -0.2) is 5.16 Å². The fourth-order valence-corrected chi connectivity index (χ4v) is 1.26. The minimum Gasteiger partial charge on any atom is -0.381 e. The van der Waals surface area contributed by atoms with Crippen LogP contribution in [0.3, 0.4) is 0 Å². The zero-order valence-corrected chi connectivity index (χ0v) is 7.45. The number of nitrogen functional groups attached to an aromatic ring is 1. The van der Waals surface area contributed by atoms with Gasteiger partial charge >= 0.3 is 0 Å². The number of nitrogens with two attached hydrogens (primary N) is 1. The van der Waals surface area contributed by atoms with Crippen molar-refractivity contribution in [2.45, 2.75) is 0 Å². The van der Waals surface area contributed by atoms with E-state index in [1.54, 1.807) is 18.2 Å². The van der Waals surface area contributed by atoms with Crippen molar-refractivity contribution in [3.05, 3.63) is 35.4 Å². The van der Waals surface area contributed by atoms with Crippen LogP contribution in [-0.2, 0) is 0 Å². The van der Waals surface area contributed by atoms with Crippen molar-refractivity contribution < 1.29 is 4.52 Å². The maximum Gasteiger partial charge on any atom is 0.169 e. The van der Waals surface area contributed by atoms with Gasteiger partial charge in [-0.15, -0.1) is 0 Å². The molecule has 2 rings (SSSR count). The van der Waals surface area contributed by atoms with Crippen molar-refractivity contribution in [3.8, 4) is 11.3 Å². The van der Waals surface area contributed by atoms with Crippen molar-refractivity contribution >= 4 is 17.4 Å². The van der Waals surface area contributed by atoms with Crippen LogP contribution < -0.4 is 5.73 Å². The minimum absolute atomic E-state index is 0.370. The molecule has 0 aliphatic carbocycles. The maximum atomic E-state index is 5.81. The van der Waals surface area contributed by atoms with E-state index in [0.717, 1.165) is 5.56 Å². The van der Waals surface area contributed by atoms with E-state index in [2.05, 4.69) is 5.16 Å². The lowest BCUT2D eigenvalue weighted by Gasteiger charge is -1.94. The number of anilines is 1. The molecule has 0 amide bonds. The number of nitrogens with zero attached hydrogens (tertiary/aromatic N) is 1. The summed E-state index contributed by atoms with van der Waals surface area (Å²) in [6.45, 7) is 0. The molecule has 0 aliphatic rings. The zero-order chi connectivity index (χ0) is 9.26. The van der Waals surface area contributed by atoms with E-state index in [0.29, 0.717) is 16.6 Å². The smallest absolute Gasteiger partial charge is 0.169 e. The second-order valence-electron chi connectivity index (χ2n) is 2.63. The van der Waals surface area contributed by atoms with Crippen LogP contribution in [0, 0.1) is 0 Å². The Labute approximate surface area is 80.1 Å². The predicted molar refractivity (Wildman–Crippen MR) is 51.4 cm³/mol. The molecule has 0 unspecified atom stereocenters. The average molecular weight is 195 g/mol. The fraction of sp³-hybridized carbons (Fsp3) is 0. The summed E-state index contributed by atoms with van der Waals surface area (Å²) in [6.07, 6.45) is 0. The summed E-state index contributed by atoms with van der Waals surface area (Å²) in [6, 6.07) is 8.97. The van der Waals surface area contributed by atoms with E-state index >= 15 is 0 Å². The van der Waals surface area contributed by atoms with Gasteiger partial charge in [0.1, 0.15) is 0 Å². The lowest BCUT2D eigenvalue weighted by atomic mass is 10.2. The molecule has 66 valence electrons. The molecule has 0 spiro atoms. The molecule has 2 aromatic rings. The molecule has 1 aromatic heterocycles. The van der Waals surface area contributed by atoms with Gasteiger partial charge in [-0.25, -0.2) is 0 Å². The Balaban J connectivity index is 2.46. The molecule has 0 bridgehead atoms. The molecule has 1 heterocycles. The highest BCUT2D eigenvalue weighted by Crippen LogP contribution is 2.23. The van der Waals surface area contributed by atoms with E-state index in [-0.39, 0.29) is 0 Å². The Hall–Kier alpha value is -1.48. The number of aromatic nitrogens is 1. The van der Waals surface area contributed by atoms with Crippen molar-refractivity contribution in [3.63, 3.8) is 0 Å². The van der Waals surface area contributed by atoms with Crippen molar-refractivity contribution in [1.29, 1.82) is 0 Å². The molecule has 4 heteroatoms. The van der Waals surface area contributed by atoms with Crippen molar-refractivity contribution in [2.24, 2.45) is 0 Å². The van der Waals surface area contributed by atoms with Gasteiger partial charge in [-0.2, -0.15) is 0 Å².